The van der Waals surface area contributed by atoms with Gasteiger partial charge in [-0.1, -0.05) is 12.1 Å². The molecular formula is C16H17F3N2O3S. The lowest BCUT2D eigenvalue weighted by Gasteiger charge is -2.29. The molecule has 0 aliphatic carbocycles. The predicted octanol–water partition coefficient (Wildman–Crippen LogP) is 2.96. The molecule has 0 bridgehead atoms. The van der Waals surface area contributed by atoms with Crippen LogP contribution in [0.4, 0.5) is 13.2 Å². The van der Waals surface area contributed by atoms with Crippen LogP contribution in [0.25, 0.3) is 0 Å². The minimum Gasteiger partial charge on any atom is -0.508 e. The maximum absolute atomic E-state index is 13.4. The molecule has 0 fully saturated rings. The van der Waals surface area contributed by atoms with Crippen LogP contribution in [0.3, 0.4) is 0 Å². The third kappa shape index (κ3) is 4.29. The van der Waals surface area contributed by atoms with Crippen molar-refractivity contribution in [3.63, 3.8) is 0 Å². The van der Waals surface area contributed by atoms with Gasteiger partial charge >= 0.3 is 6.18 Å². The second kappa shape index (κ2) is 7.01. The van der Waals surface area contributed by atoms with Crippen molar-refractivity contribution in [2.45, 2.75) is 31.7 Å². The van der Waals surface area contributed by atoms with Gasteiger partial charge in [-0.05, 0) is 24.6 Å². The first kappa shape index (κ1) is 19.2. The molecule has 0 unspecified atom stereocenters. The van der Waals surface area contributed by atoms with Gasteiger partial charge in [0.1, 0.15) is 10.8 Å². The molecule has 1 aromatic carbocycles. The number of thiazole rings is 1. The fourth-order valence-corrected chi connectivity index (χ4v) is 3.07. The van der Waals surface area contributed by atoms with E-state index < -0.39 is 29.1 Å². The highest BCUT2D eigenvalue weighted by Crippen LogP contribution is 2.43. The summed E-state index contributed by atoms with van der Waals surface area (Å²) in [6.07, 6.45) is -6.19. The van der Waals surface area contributed by atoms with Crippen molar-refractivity contribution >= 4 is 17.2 Å². The molecule has 1 aromatic heterocycles. The number of aromatic nitrogens is 1. The Kier molecular flexibility index (Phi) is 5.38. The Morgan fingerprint density at radius 2 is 1.88 bits per heavy atom. The number of carbonyl (C=O) groups excluding carboxylic acids is 1. The van der Waals surface area contributed by atoms with E-state index in [1.54, 1.807) is 12.1 Å². The van der Waals surface area contributed by atoms with E-state index >= 15 is 0 Å². The maximum Gasteiger partial charge on any atom is 0.424 e. The number of aromatic hydroxyl groups is 1. The van der Waals surface area contributed by atoms with E-state index in [0.29, 0.717) is 22.6 Å². The van der Waals surface area contributed by atoms with Crippen LogP contribution in [0.1, 0.15) is 22.7 Å². The number of hydrogen-bond acceptors (Lipinski definition) is 5. The largest absolute Gasteiger partial charge is 0.508 e. The molecule has 2 aromatic rings. The number of rotatable bonds is 5. The van der Waals surface area contributed by atoms with Gasteiger partial charge in [0.05, 0.1) is 6.42 Å². The fourth-order valence-electron chi connectivity index (χ4n) is 2.16. The Hall–Kier alpha value is -2.13. The summed E-state index contributed by atoms with van der Waals surface area (Å²) in [5.41, 5.74) is -2.35. The molecule has 2 rings (SSSR count). The lowest BCUT2D eigenvalue weighted by atomic mass is 9.98. The van der Waals surface area contributed by atoms with Crippen LogP contribution < -0.4 is 0 Å². The molecule has 1 amide bonds. The molecule has 25 heavy (non-hydrogen) atoms. The number of carbonyl (C=O) groups is 1. The minimum atomic E-state index is -5.04. The third-order valence-electron chi connectivity index (χ3n) is 3.63. The summed E-state index contributed by atoms with van der Waals surface area (Å²) in [5, 5.41) is 20.3. The Labute approximate surface area is 146 Å². The van der Waals surface area contributed by atoms with E-state index in [-0.39, 0.29) is 12.3 Å². The van der Waals surface area contributed by atoms with E-state index in [9.17, 15) is 28.2 Å². The first-order chi connectivity index (χ1) is 11.5. The number of aliphatic hydroxyl groups is 1. The normalized spacial score (nSPS) is 14.2. The van der Waals surface area contributed by atoms with E-state index in [1.165, 1.54) is 31.5 Å². The summed E-state index contributed by atoms with van der Waals surface area (Å²) >= 11 is 0.663. The molecule has 0 radical (unpaired) electrons. The van der Waals surface area contributed by atoms with E-state index in [1.807, 2.05) is 0 Å². The van der Waals surface area contributed by atoms with Crippen LogP contribution in [0, 0.1) is 6.92 Å². The van der Waals surface area contributed by atoms with Gasteiger partial charge < -0.3 is 15.1 Å². The summed E-state index contributed by atoms with van der Waals surface area (Å²) in [6.45, 7) is 1.56. The average Bonchev–Trinajstić information content (AvgIpc) is 2.95. The first-order valence-corrected chi connectivity index (χ1v) is 8.14. The van der Waals surface area contributed by atoms with Crippen LogP contribution in [0.2, 0.25) is 0 Å². The number of nitrogens with zero attached hydrogens (tertiary/aromatic N) is 2. The summed E-state index contributed by atoms with van der Waals surface area (Å²) in [6, 6.07) is 5.94. The Morgan fingerprint density at radius 3 is 2.36 bits per heavy atom. The van der Waals surface area contributed by atoms with Gasteiger partial charge in [0, 0.05) is 24.7 Å². The van der Waals surface area contributed by atoms with Crippen LogP contribution in [0.5, 0.6) is 5.75 Å². The van der Waals surface area contributed by atoms with Gasteiger partial charge in [0.15, 0.2) is 0 Å². The van der Waals surface area contributed by atoms with Gasteiger partial charge in [-0.2, -0.15) is 13.2 Å². The lowest BCUT2D eigenvalue weighted by Crippen LogP contribution is -2.46. The summed E-state index contributed by atoms with van der Waals surface area (Å²) in [4.78, 5) is 17.0. The smallest absolute Gasteiger partial charge is 0.424 e. The van der Waals surface area contributed by atoms with Crippen LogP contribution >= 0.6 is 11.3 Å². The first-order valence-electron chi connectivity index (χ1n) is 7.26. The van der Waals surface area contributed by atoms with Crippen LogP contribution in [-0.4, -0.2) is 39.2 Å². The Balaban J connectivity index is 2.18. The van der Waals surface area contributed by atoms with Crippen molar-refractivity contribution in [2.75, 3.05) is 7.05 Å². The van der Waals surface area contributed by atoms with Crippen molar-refractivity contribution in [3.05, 3.63) is 45.9 Å². The molecule has 0 aliphatic rings. The van der Waals surface area contributed by atoms with Crippen LogP contribution in [0.15, 0.2) is 29.6 Å². The highest BCUT2D eigenvalue weighted by Gasteiger charge is 2.58. The molecule has 0 saturated heterocycles. The minimum absolute atomic E-state index is 0.0447. The average molecular weight is 374 g/mol. The maximum atomic E-state index is 13.4. The number of aryl methyl sites for hydroxylation is 1. The van der Waals surface area contributed by atoms with Crippen molar-refractivity contribution in [3.8, 4) is 5.75 Å². The second-order valence-corrected chi connectivity index (χ2v) is 6.60. The summed E-state index contributed by atoms with van der Waals surface area (Å²) < 4.78 is 40.2. The monoisotopic (exact) mass is 374 g/mol. The molecule has 1 atom stereocenters. The highest BCUT2D eigenvalue weighted by atomic mass is 32.1. The number of halogens is 3. The molecule has 5 nitrogen and oxygen atoms in total. The summed E-state index contributed by atoms with van der Waals surface area (Å²) in [5.74, 6) is -0.830. The predicted molar refractivity (Wildman–Crippen MR) is 86.0 cm³/mol. The van der Waals surface area contributed by atoms with Gasteiger partial charge in [-0.3, -0.25) is 4.79 Å². The topological polar surface area (TPSA) is 73.7 Å². The molecule has 0 saturated carbocycles. The number of benzene rings is 1. The molecule has 0 aliphatic heterocycles. The van der Waals surface area contributed by atoms with Crippen molar-refractivity contribution < 1.29 is 28.2 Å². The second-order valence-electron chi connectivity index (χ2n) is 5.75. The molecular weight excluding hydrogens is 357 g/mol. The summed E-state index contributed by atoms with van der Waals surface area (Å²) in [7, 11) is 1.35. The molecule has 1 heterocycles. The SMILES string of the molecule is Cc1csc([C@@](O)(CC(=O)N(C)Cc2ccc(O)cc2)C(F)(F)F)n1. The van der Waals surface area contributed by atoms with E-state index in [0.717, 1.165) is 4.90 Å². The molecule has 0 spiro atoms. The zero-order valence-corrected chi connectivity index (χ0v) is 14.4. The number of phenolic OH excluding ortho intramolecular Hbond substituents is 1. The number of phenols is 1. The molecule has 2 N–H and O–H groups in total. The Bertz CT molecular complexity index is 746. The number of amides is 1. The van der Waals surface area contributed by atoms with Gasteiger partial charge in [0.25, 0.3) is 0 Å². The number of hydrogen-bond donors (Lipinski definition) is 2. The zero-order chi connectivity index (χ0) is 18.8. The molecule has 9 heteroatoms. The third-order valence-corrected chi connectivity index (χ3v) is 4.74. The van der Waals surface area contributed by atoms with E-state index in [2.05, 4.69) is 4.98 Å². The number of alkyl halides is 3. The van der Waals surface area contributed by atoms with E-state index in [4.69, 9.17) is 0 Å². The van der Waals surface area contributed by atoms with Gasteiger partial charge in [-0.25, -0.2) is 4.98 Å². The Morgan fingerprint density at radius 1 is 1.28 bits per heavy atom. The molecule has 136 valence electrons. The van der Waals surface area contributed by atoms with Crippen molar-refractivity contribution in [1.29, 1.82) is 0 Å². The van der Waals surface area contributed by atoms with Crippen molar-refractivity contribution in [1.82, 2.24) is 9.88 Å². The lowest BCUT2D eigenvalue weighted by molar-refractivity contribution is -0.268. The standard InChI is InChI=1S/C16H17F3N2O3S/c1-10-9-25-14(20-10)15(24,16(17,18)19)7-13(23)21(2)8-11-3-5-12(22)6-4-11/h3-6,9,22,24H,7-8H2,1-2H3/t15-/m0/s1. The van der Waals surface area contributed by atoms with Gasteiger partial charge in [0.2, 0.25) is 11.5 Å². The highest BCUT2D eigenvalue weighted by molar-refractivity contribution is 7.09. The quantitative estimate of drug-likeness (QED) is 0.844. The zero-order valence-electron chi connectivity index (χ0n) is 13.5. The van der Waals surface area contributed by atoms with Crippen LogP contribution in [-0.2, 0) is 16.9 Å². The fraction of sp³-hybridized carbons (Fsp3) is 0.375. The van der Waals surface area contributed by atoms with Gasteiger partial charge in [-0.15, -0.1) is 11.3 Å². The van der Waals surface area contributed by atoms with Crippen molar-refractivity contribution in [2.24, 2.45) is 0 Å².